The Bertz CT molecular complexity index is 835. The second kappa shape index (κ2) is 5.92. The van der Waals surface area contributed by atoms with Crippen molar-refractivity contribution in [3.8, 4) is 11.4 Å². The number of fused-ring (bicyclic) bond motifs is 3. The van der Waals surface area contributed by atoms with Gasteiger partial charge < -0.3 is 5.32 Å². The fraction of sp³-hybridized carbons (Fsp3) is 0.250. The first-order valence-corrected chi connectivity index (χ1v) is 8.09. The fourth-order valence-corrected chi connectivity index (χ4v) is 3.06. The first kappa shape index (κ1) is 15.3. The van der Waals surface area contributed by atoms with Crippen molar-refractivity contribution in [1.29, 1.82) is 0 Å². The van der Waals surface area contributed by atoms with Crippen molar-refractivity contribution >= 4 is 17.0 Å². The molecule has 3 heteroatoms. The van der Waals surface area contributed by atoms with Gasteiger partial charge in [-0.25, -0.2) is 4.98 Å². The predicted octanol–water partition coefficient (Wildman–Crippen LogP) is 5.34. The van der Waals surface area contributed by atoms with E-state index in [1.807, 2.05) is 13.0 Å². The summed E-state index contributed by atoms with van der Waals surface area (Å²) < 4.78 is 2.20. The van der Waals surface area contributed by atoms with Crippen LogP contribution >= 0.6 is 0 Å². The highest BCUT2D eigenvalue weighted by molar-refractivity contribution is 5.88. The third kappa shape index (κ3) is 2.33. The molecule has 1 aromatic heterocycles. The Morgan fingerprint density at radius 1 is 1.30 bits per heavy atom. The van der Waals surface area contributed by atoms with E-state index >= 15 is 0 Å². The molecule has 0 saturated carbocycles. The van der Waals surface area contributed by atoms with Gasteiger partial charge in [0.25, 0.3) is 0 Å². The summed E-state index contributed by atoms with van der Waals surface area (Å²) in [6, 6.07) is 8.29. The number of para-hydroxylation sites is 1. The van der Waals surface area contributed by atoms with Gasteiger partial charge in [-0.3, -0.25) is 4.57 Å². The first-order chi connectivity index (χ1) is 11.1. The summed E-state index contributed by atoms with van der Waals surface area (Å²) in [5.74, 6) is 0.961. The zero-order chi connectivity index (χ0) is 16.6. The van der Waals surface area contributed by atoms with Crippen LogP contribution in [0.15, 0.2) is 48.7 Å². The highest BCUT2D eigenvalue weighted by Crippen LogP contribution is 2.39. The molecular formula is C20H23N3. The van der Waals surface area contributed by atoms with Gasteiger partial charge in [0.1, 0.15) is 5.82 Å². The lowest BCUT2D eigenvalue weighted by atomic mass is 10.1. The van der Waals surface area contributed by atoms with Gasteiger partial charge in [0, 0.05) is 11.3 Å². The molecule has 1 aromatic carbocycles. The van der Waals surface area contributed by atoms with Gasteiger partial charge in [-0.1, -0.05) is 37.8 Å². The smallest absolute Gasteiger partial charge is 0.147 e. The Morgan fingerprint density at radius 3 is 2.70 bits per heavy atom. The summed E-state index contributed by atoms with van der Waals surface area (Å²) in [5, 5.41) is 3.49. The minimum Gasteiger partial charge on any atom is -0.354 e. The van der Waals surface area contributed by atoms with Gasteiger partial charge in [0.05, 0.1) is 22.8 Å². The van der Waals surface area contributed by atoms with E-state index in [9.17, 15) is 0 Å². The van der Waals surface area contributed by atoms with Crippen LogP contribution in [-0.4, -0.2) is 9.55 Å². The molecule has 0 amide bonds. The van der Waals surface area contributed by atoms with E-state index in [-0.39, 0.29) is 0 Å². The summed E-state index contributed by atoms with van der Waals surface area (Å²) in [6.45, 7) is 12.7. The third-order valence-electron chi connectivity index (χ3n) is 4.40. The minimum atomic E-state index is 0.897. The zero-order valence-electron chi connectivity index (χ0n) is 14.3. The number of nitrogens with zero attached hydrogens (tertiary/aromatic N) is 2. The molecule has 1 aliphatic rings. The van der Waals surface area contributed by atoms with E-state index in [2.05, 4.69) is 67.6 Å². The number of anilines is 1. The van der Waals surface area contributed by atoms with Crippen molar-refractivity contribution in [2.45, 2.75) is 34.1 Å². The van der Waals surface area contributed by atoms with E-state index in [0.717, 1.165) is 46.3 Å². The highest BCUT2D eigenvalue weighted by Gasteiger charge is 2.25. The summed E-state index contributed by atoms with van der Waals surface area (Å²) in [6.07, 6.45) is 5.10. The molecular weight excluding hydrogens is 282 g/mol. The molecule has 3 rings (SSSR count). The number of imidazole rings is 1. The normalized spacial score (nSPS) is 15.9. The summed E-state index contributed by atoms with van der Waals surface area (Å²) in [5.41, 5.74) is 7.62. The molecule has 3 nitrogen and oxygen atoms in total. The number of nitrogens with one attached hydrogen (secondary N) is 1. The third-order valence-corrected chi connectivity index (χ3v) is 4.40. The van der Waals surface area contributed by atoms with Crippen molar-refractivity contribution in [2.75, 3.05) is 5.32 Å². The maximum absolute atomic E-state index is 4.95. The lowest BCUT2D eigenvalue weighted by Gasteiger charge is -2.15. The van der Waals surface area contributed by atoms with Crippen LogP contribution in [0.5, 0.6) is 0 Å². The molecule has 2 heterocycles. The second-order valence-electron chi connectivity index (χ2n) is 5.71. The van der Waals surface area contributed by atoms with E-state index in [0.29, 0.717) is 0 Å². The molecule has 23 heavy (non-hydrogen) atoms. The summed E-state index contributed by atoms with van der Waals surface area (Å²) in [7, 11) is 0. The van der Waals surface area contributed by atoms with E-state index < -0.39 is 0 Å². The second-order valence-corrected chi connectivity index (χ2v) is 5.71. The lowest BCUT2D eigenvalue weighted by molar-refractivity contribution is 1.04. The first-order valence-electron chi connectivity index (χ1n) is 8.09. The van der Waals surface area contributed by atoms with E-state index in [1.165, 1.54) is 5.57 Å². The number of allylic oxidation sites excluding steroid dienone is 4. The Morgan fingerprint density at radius 2 is 2.04 bits per heavy atom. The highest BCUT2D eigenvalue weighted by atomic mass is 15.1. The number of hydrogen-bond acceptors (Lipinski definition) is 2. The molecule has 1 aliphatic heterocycles. The van der Waals surface area contributed by atoms with Gasteiger partial charge in [0.2, 0.25) is 0 Å². The molecule has 0 bridgehead atoms. The average Bonchev–Trinajstić information content (AvgIpc) is 2.93. The van der Waals surface area contributed by atoms with Crippen molar-refractivity contribution in [3.05, 3.63) is 60.1 Å². The quantitative estimate of drug-likeness (QED) is 0.812. The molecule has 0 aliphatic carbocycles. The SMILES string of the molecule is C=C1C(=CC)Nc2ccccc2-c2nc(CC)c(C(C)=CC)n21. The van der Waals surface area contributed by atoms with Gasteiger partial charge in [-0.15, -0.1) is 0 Å². The molecule has 0 radical (unpaired) electrons. The number of hydrogen-bond donors (Lipinski definition) is 1. The van der Waals surface area contributed by atoms with Crippen LogP contribution < -0.4 is 5.32 Å². The standard InChI is InChI=1S/C20H23N3/c1-6-13(4)19-17(8-3)22-20-15-11-9-10-12-18(15)21-16(7-2)14(5)23(19)20/h6-7,9-12,21H,5,8H2,1-4H3. The topological polar surface area (TPSA) is 29.9 Å². The fourth-order valence-electron chi connectivity index (χ4n) is 3.06. The zero-order valence-corrected chi connectivity index (χ0v) is 14.3. The maximum Gasteiger partial charge on any atom is 0.147 e. The number of aromatic nitrogens is 2. The molecule has 2 aromatic rings. The molecule has 0 atom stereocenters. The predicted molar refractivity (Wildman–Crippen MR) is 99.1 cm³/mol. The van der Waals surface area contributed by atoms with Crippen molar-refractivity contribution in [2.24, 2.45) is 0 Å². The van der Waals surface area contributed by atoms with Crippen LogP contribution in [0, 0.1) is 0 Å². The minimum absolute atomic E-state index is 0.897. The van der Waals surface area contributed by atoms with Crippen LogP contribution in [0.25, 0.3) is 22.7 Å². The Hall–Kier alpha value is -2.55. The lowest BCUT2D eigenvalue weighted by Crippen LogP contribution is -2.07. The molecule has 0 saturated heterocycles. The van der Waals surface area contributed by atoms with Gasteiger partial charge >= 0.3 is 0 Å². The molecule has 1 N–H and O–H groups in total. The monoisotopic (exact) mass is 305 g/mol. The largest absolute Gasteiger partial charge is 0.354 e. The Balaban J connectivity index is 2.42. The molecule has 0 spiro atoms. The van der Waals surface area contributed by atoms with Crippen LogP contribution in [-0.2, 0) is 6.42 Å². The van der Waals surface area contributed by atoms with Gasteiger partial charge in [-0.2, -0.15) is 0 Å². The Kier molecular flexibility index (Phi) is 3.95. The number of benzene rings is 1. The molecule has 0 fully saturated rings. The number of rotatable bonds is 2. The van der Waals surface area contributed by atoms with E-state index in [4.69, 9.17) is 4.98 Å². The van der Waals surface area contributed by atoms with Crippen LogP contribution in [0.4, 0.5) is 5.69 Å². The average molecular weight is 305 g/mol. The van der Waals surface area contributed by atoms with Crippen molar-refractivity contribution < 1.29 is 0 Å². The molecule has 118 valence electrons. The molecule has 0 unspecified atom stereocenters. The Labute approximate surface area is 138 Å². The van der Waals surface area contributed by atoms with Crippen molar-refractivity contribution in [3.63, 3.8) is 0 Å². The van der Waals surface area contributed by atoms with Crippen LogP contribution in [0.3, 0.4) is 0 Å². The number of aryl methyl sites for hydroxylation is 1. The maximum atomic E-state index is 4.95. The van der Waals surface area contributed by atoms with Crippen LogP contribution in [0.1, 0.15) is 39.1 Å². The van der Waals surface area contributed by atoms with Crippen LogP contribution in [0.2, 0.25) is 0 Å². The van der Waals surface area contributed by atoms with Crippen molar-refractivity contribution in [1.82, 2.24) is 9.55 Å². The van der Waals surface area contributed by atoms with Gasteiger partial charge in [-0.05, 0) is 44.9 Å². The van der Waals surface area contributed by atoms with E-state index in [1.54, 1.807) is 0 Å². The summed E-state index contributed by atoms with van der Waals surface area (Å²) in [4.78, 5) is 4.95. The van der Waals surface area contributed by atoms with Gasteiger partial charge in [0.15, 0.2) is 0 Å². The summed E-state index contributed by atoms with van der Waals surface area (Å²) >= 11 is 0.